The molecule has 1 heterocycles. The lowest BCUT2D eigenvalue weighted by molar-refractivity contribution is -0.153. The predicted molar refractivity (Wildman–Crippen MR) is 62.5 cm³/mol. The molecule has 5 nitrogen and oxygen atoms in total. The van der Waals surface area contributed by atoms with E-state index in [1.54, 1.807) is 4.90 Å². The first kappa shape index (κ1) is 12.4. The minimum absolute atomic E-state index is 0.0370. The molecular weight excluding hydrogens is 220 g/mol. The van der Waals surface area contributed by atoms with Gasteiger partial charge in [-0.15, -0.1) is 0 Å². The molecule has 0 aromatic heterocycles. The van der Waals surface area contributed by atoms with Crippen LogP contribution in [0, 0.1) is 11.8 Å². The highest BCUT2D eigenvalue weighted by Crippen LogP contribution is 2.33. The lowest BCUT2D eigenvalue weighted by atomic mass is 9.95. The normalized spacial score (nSPS) is 33.7. The first-order valence-corrected chi connectivity index (χ1v) is 6.35. The minimum Gasteiger partial charge on any atom is -0.480 e. The summed E-state index contributed by atoms with van der Waals surface area (Å²) in [6, 6.07) is -0.691. The highest BCUT2D eigenvalue weighted by atomic mass is 16.4. The first-order valence-electron chi connectivity index (χ1n) is 6.35. The maximum absolute atomic E-state index is 12.4. The average Bonchev–Trinajstić information content (AvgIpc) is 2.74. The quantitative estimate of drug-likeness (QED) is 0.728. The van der Waals surface area contributed by atoms with Crippen LogP contribution in [0.1, 0.15) is 26.2 Å². The van der Waals surface area contributed by atoms with Crippen molar-refractivity contribution in [2.45, 2.75) is 32.2 Å². The lowest BCUT2D eigenvalue weighted by Gasteiger charge is -2.36. The molecule has 0 aromatic carbocycles. The molecule has 5 heteroatoms. The monoisotopic (exact) mass is 240 g/mol. The van der Waals surface area contributed by atoms with Gasteiger partial charge in [0.05, 0.1) is 0 Å². The molecular formula is C12H20N2O3. The summed E-state index contributed by atoms with van der Waals surface area (Å²) in [4.78, 5) is 25.1. The molecule has 2 rings (SSSR count). The van der Waals surface area contributed by atoms with Crippen LogP contribution in [0.4, 0.5) is 0 Å². The van der Waals surface area contributed by atoms with Gasteiger partial charge in [-0.2, -0.15) is 0 Å². The standard InChI is InChI=1S/C12H20N2O3/c1-8-3-2-4-9(8)11(15)14-6-5-13-7-10(14)12(16)17/h8-10,13H,2-7H2,1H3,(H,16,17). The van der Waals surface area contributed by atoms with E-state index in [0.29, 0.717) is 25.6 Å². The molecule has 2 fully saturated rings. The SMILES string of the molecule is CC1CCCC1C(=O)N1CCNCC1C(=O)O. The Morgan fingerprint density at radius 2 is 2.12 bits per heavy atom. The van der Waals surface area contributed by atoms with Crippen molar-refractivity contribution in [3.05, 3.63) is 0 Å². The van der Waals surface area contributed by atoms with Gasteiger partial charge in [-0.3, -0.25) is 4.79 Å². The van der Waals surface area contributed by atoms with Crippen molar-refractivity contribution in [2.75, 3.05) is 19.6 Å². The van der Waals surface area contributed by atoms with Crippen LogP contribution < -0.4 is 5.32 Å². The number of nitrogens with one attached hydrogen (secondary N) is 1. The Morgan fingerprint density at radius 1 is 1.35 bits per heavy atom. The van der Waals surface area contributed by atoms with Crippen molar-refractivity contribution in [1.82, 2.24) is 10.2 Å². The molecule has 0 radical (unpaired) electrons. The largest absolute Gasteiger partial charge is 0.480 e. The van der Waals surface area contributed by atoms with E-state index in [2.05, 4.69) is 12.2 Å². The molecule has 3 unspecified atom stereocenters. The van der Waals surface area contributed by atoms with Crippen LogP contribution >= 0.6 is 0 Å². The van der Waals surface area contributed by atoms with E-state index < -0.39 is 12.0 Å². The number of carboxylic acids is 1. The third-order valence-electron chi connectivity index (χ3n) is 3.99. The van der Waals surface area contributed by atoms with Crippen LogP contribution in [-0.2, 0) is 9.59 Å². The number of amides is 1. The van der Waals surface area contributed by atoms with Crippen molar-refractivity contribution in [2.24, 2.45) is 11.8 Å². The zero-order valence-corrected chi connectivity index (χ0v) is 10.2. The molecule has 1 saturated heterocycles. The van der Waals surface area contributed by atoms with Gasteiger partial charge in [-0.25, -0.2) is 4.79 Å². The van der Waals surface area contributed by atoms with Gasteiger partial charge in [0.15, 0.2) is 0 Å². The summed E-state index contributed by atoms with van der Waals surface area (Å²) in [6.45, 7) is 3.66. The average molecular weight is 240 g/mol. The fraction of sp³-hybridized carbons (Fsp3) is 0.833. The Balaban J connectivity index is 2.08. The molecule has 1 amide bonds. The van der Waals surface area contributed by atoms with Gasteiger partial charge in [-0.05, 0) is 18.8 Å². The number of carbonyl (C=O) groups is 2. The second-order valence-corrected chi connectivity index (χ2v) is 5.10. The van der Waals surface area contributed by atoms with Gasteiger partial charge in [0.1, 0.15) is 6.04 Å². The summed E-state index contributed by atoms with van der Waals surface area (Å²) in [7, 11) is 0. The van der Waals surface area contributed by atoms with Crippen molar-refractivity contribution >= 4 is 11.9 Å². The summed E-state index contributed by atoms with van der Waals surface area (Å²) in [5, 5.41) is 12.2. The number of hydrogen-bond donors (Lipinski definition) is 2. The van der Waals surface area contributed by atoms with Crippen LogP contribution in [-0.4, -0.2) is 47.6 Å². The number of aliphatic carboxylic acids is 1. The second-order valence-electron chi connectivity index (χ2n) is 5.10. The number of carbonyl (C=O) groups excluding carboxylic acids is 1. The molecule has 1 saturated carbocycles. The van der Waals surface area contributed by atoms with Crippen LogP contribution in [0.5, 0.6) is 0 Å². The van der Waals surface area contributed by atoms with Gasteiger partial charge in [0.2, 0.25) is 5.91 Å². The van der Waals surface area contributed by atoms with Gasteiger partial charge < -0.3 is 15.3 Å². The van der Waals surface area contributed by atoms with Gasteiger partial charge in [0, 0.05) is 25.6 Å². The van der Waals surface area contributed by atoms with E-state index >= 15 is 0 Å². The van der Waals surface area contributed by atoms with Crippen LogP contribution in [0.3, 0.4) is 0 Å². The van der Waals surface area contributed by atoms with E-state index in [-0.39, 0.29) is 11.8 Å². The third-order valence-corrected chi connectivity index (χ3v) is 3.99. The Morgan fingerprint density at radius 3 is 2.71 bits per heavy atom. The highest BCUT2D eigenvalue weighted by Gasteiger charge is 2.38. The Bertz CT molecular complexity index is 319. The molecule has 96 valence electrons. The van der Waals surface area contributed by atoms with Gasteiger partial charge in [-0.1, -0.05) is 13.3 Å². The second kappa shape index (κ2) is 5.04. The molecule has 17 heavy (non-hydrogen) atoms. The fourth-order valence-corrected chi connectivity index (χ4v) is 2.91. The topological polar surface area (TPSA) is 69.6 Å². The van der Waals surface area contributed by atoms with Crippen molar-refractivity contribution < 1.29 is 14.7 Å². The predicted octanol–water partition coefficient (Wildman–Crippen LogP) is 0.308. The molecule has 0 bridgehead atoms. The zero-order chi connectivity index (χ0) is 12.4. The molecule has 0 spiro atoms. The van der Waals surface area contributed by atoms with E-state index in [0.717, 1.165) is 19.3 Å². The van der Waals surface area contributed by atoms with Crippen LogP contribution in [0.15, 0.2) is 0 Å². The fourth-order valence-electron chi connectivity index (χ4n) is 2.91. The molecule has 3 atom stereocenters. The first-order chi connectivity index (χ1) is 8.11. The number of carboxylic acid groups (broad SMARTS) is 1. The zero-order valence-electron chi connectivity index (χ0n) is 10.2. The van der Waals surface area contributed by atoms with Crippen molar-refractivity contribution in [1.29, 1.82) is 0 Å². The van der Waals surface area contributed by atoms with Crippen LogP contribution in [0.2, 0.25) is 0 Å². The molecule has 1 aliphatic carbocycles. The summed E-state index contributed by atoms with van der Waals surface area (Å²) >= 11 is 0. The molecule has 1 aliphatic heterocycles. The van der Waals surface area contributed by atoms with Crippen molar-refractivity contribution in [3.8, 4) is 0 Å². The summed E-state index contributed by atoms with van der Waals surface area (Å²) in [5.74, 6) is -0.429. The molecule has 0 aromatic rings. The molecule has 2 aliphatic rings. The number of piperazine rings is 1. The molecule has 2 N–H and O–H groups in total. The summed E-state index contributed by atoms with van der Waals surface area (Å²) in [6.07, 6.45) is 3.08. The van der Waals surface area contributed by atoms with Gasteiger partial charge >= 0.3 is 5.97 Å². The Hall–Kier alpha value is -1.10. The summed E-state index contributed by atoms with van der Waals surface area (Å²) < 4.78 is 0. The Kier molecular flexibility index (Phi) is 3.66. The highest BCUT2D eigenvalue weighted by molar-refractivity contribution is 5.85. The Labute approximate surface area is 101 Å². The number of hydrogen-bond acceptors (Lipinski definition) is 3. The smallest absolute Gasteiger partial charge is 0.327 e. The maximum atomic E-state index is 12.4. The van der Waals surface area contributed by atoms with Crippen molar-refractivity contribution in [3.63, 3.8) is 0 Å². The van der Waals surface area contributed by atoms with Crippen LogP contribution in [0.25, 0.3) is 0 Å². The maximum Gasteiger partial charge on any atom is 0.327 e. The van der Waals surface area contributed by atoms with E-state index in [1.807, 2.05) is 0 Å². The van der Waals surface area contributed by atoms with E-state index in [9.17, 15) is 9.59 Å². The van der Waals surface area contributed by atoms with E-state index in [1.165, 1.54) is 0 Å². The third kappa shape index (κ3) is 2.44. The lowest BCUT2D eigenvalue weighted by Crippen LogP contribution is -2.58. The number of nitrogens with zero attached hydrogens (tertiary/aromatic N) is 1. The summed E-state index contributed by atoms with van der Waals surface area (Å²) in [5.41, 5.74) is 0. The minimum atomic E-state index is -0.906. The van der Waals surface area contributed by atoms with Gasteiger partial charge in [0.25, 0.3) is 0 Å². The van der Waals surface area contributed by atoms with E-state index in [4.69, 9.17) is 5.11 Å². The number of rotatable bonds is 2.